The maximum absolute atomic E-state index is 12.5. The van der Waals surface area contributed by atoms with Gasteiger partial charge in [-0.3, -0.25) is 9.59 Å². The Labute approximate surface area is 182 Å². The number of hydrogen-bond donors (Lipinski definition) is 3. The first-order valence-electron chi connectivity index (χ1n) is 8.81. The average molecular weight is 443 g/mol. The van der Waals surface area contributed by atoms with Crippen molar-refractivity contribution in [3.63, 3.8) is 0 Å². The van der Waals surface area contributed by atoms with Gasteiger partial charge in [-0.15, -0.1) is 0 Å². The number of carbonyl (C=O) groups excluding carboxylic acids is 2. The van der Waals surface area contributed by atoms with E-state index < -0.39 is 11.9 Å². The van der Waals surface area contributed by atoms with Gasteiger partial charge in [0.1, 0.15) is 0 Å². The van der Waals surface area contributed by atoms with Crippen molar-refractivity contribution < 1.29 is 19.5 Å². The molecule has 0 saturated carbocycles. The van der Waals surface area contributed by atoms with Gasteiger partial charge in [-0.25, -0.2) is 4.79 Å². The number of carbonyl (C=O) groups is 3. The molecule has 30 heavy (non-hydrogen) atoms. The predicted octanol–water partition coefficient (Wildman–Crippen LogP) is 5.13. The van der Waals surface area contributed by atoms with Crippen LogP contribution in [0.25, 0.3) is 0 Å². The summed E-state index contributed by atoms with van der Waals surface area (Å²) in [5.41, 5.74) is 1.50. The molecule has 3 aromatic rings. The molecule has 0 saturated heterocycles. The lowest BCUT2D eigenvalue weighted by Crippen LogP contribution is -2.16. The van der Waals surface area contributed by atoms with Crippen LogP contribution in [0.2, 0.25) is 10.0 Å². The number of aromatic carboxylic acids is 1. The molecule has 3 rings (SSSR count). The van der Waals surface area contributed by atoms with Gasteiger partial charge in [0, 0.05) is 10.7 Å². The Kier molecular flexibility index (Phi) is 6.72. The smallest absolute Gasteiger partial charge is 0.337 e. The highest BCUT2D eigenvalue weighted by molar-refractivity contribution is 6.35. The summed E-state index contributed by atoms with van der Waals surface area (Å²) in [7, 11) is 0. The van der Waals surface area contributed by atoms with Crippen LogP contribution >= 0.6 is 23.2 Å². The van der Waals surface area contributed by atoms with Crippen molar-refractivity contribution in [2.75, 3.05) is 10.6 Å². The van der Waals surface area contributed by atoms with Crippen LogP contribution in [0.5, 0.6) is 0 Å². The van der Waals surface area contributed by atoms with Crippen LogP contribution < -0.4 is 10.6 Å². The fourth-order valence-corrected chi connectivity index (χ4v) is 3.13. The Morgan fingerprint density at radius 3 is 2.20 bits per heavy atom. The highest BCUT2D eigenvalue weighted by atomic mass is 35.5. The van der Waals surface area contributed by atoms with E-state index in [1.54, 1.807) is 42.5 Å². The Balaban J connectivity index is 1.69. The zero-order valence-corrected chi connectivity index (χ0v) is 17.0. The zero-order chi connectivity index (χ0) is 21.7. The summed E-state index contributed by atoms with van der Waals surface area (Å²) >= 11 is 12.0. The zero-order valence-electron chi connectivity index (χ0n) is 15.5. The standard InChI is InChI=1S/C22H16Cl2N2O4/c23-14-7-5-13(6-8-14)11-20(27)25-15-9-10-16(18(24)12-15)21(28)26-19-4-2-1-3-17(19)22(29)30/h1-10,12H,11H2,(H,25,27)(H,26,28)(H,29,30). The van der Waals surface area contributed by atoms with Gasteiger partial charge in [-0.1, -0.05) is 47.5 Å². The van der Waals surface area contributed by atoms with Crippen LogP contribution in [-0.4, -0.2) is 22.9 Å². The van der Waals surface area contributed by atoms with Crippen molar-refractivity contribution in [1.82, 2.24) is 0 Å². The van der Waals surface area contributed by atoms with E-state index in [0.29, 0.717) is 10.7 Å². The van der Waals surface area contributed by atoms with Crippen molar-refractivity contribution >= 4 is 52.4 Å². The first kappa shape index (κ1) is 21.4. The Hall–Kier alpha value is -3.35. The lowest BCUT2D eigenvalue weighted by atomic mass is 10.1. The van der Waals surface area contributed by atoms with E-state index in [1.165, 1.54) is 24.3 Å². The monoisotopic (exact) mass is 442 g/mol. The molecule has 0 atom stereocenters. The van der Waals surface area contributed by atoms with Crippen LogP contribution in [0.4, 0.5) is 11.4 Å². The summed E-state index contributed by atoms with van der Waals surface area (Å²) in [5, 5.41) is 15.2. The number of halogens is 2. The number of rotatable bonds is 6. The van der Waals surface area contributed by atoms with Crippen molar-refractivity contribution in [2.24, 2.45) is 0 Å². The lowest BCUT2D eigenvalue weighted by molar-refractivity contribution is -0.115. The first-order valence-corrected chi connectivity index (χ1v) is 9.56. The number of carboxylic acid groups (broad SMARTS) is 1. The summed E-state index contributed by atoms with van der Waals surface area (Å²) in [6.07, 6.45) is 0.156. The second-order valence-corrected chi connectivity index (χ2v) is 7.19. The molecular formula is C22H16Cl2N2O4. The Morgan fingerprint density at radius 2 is 1.53 bits per heavy atom. The molecule has 3 aromatic carbocycles. The van der Waals surface area contributed by atoms with Gasteiger partial charge < -0.3 is 15.7 Å². The molecule has 152 valence electrons. The number of nitrogens with one attached hydrogen (secondary N) is 2. The minimum absolute atomic E-state index is 0.0342. The molecule has 0 heterocycles. The topological polar surface area (TPSA) is 95.5 Å². The first-order chi connectivity index (χ1) is 14.3. The third-order valence-electron chi connectivity index (χ3n) is 4.18. The van der Waals surface area contributed by atoms with Crippen LogP contribution in [0.3, 0.4) is 0 Å². The number of anilines is 2. The average Bonchev–Trinajstić information content (AvgIpc) is 2.70. The van der Waals surface area contributed by atoms with E-state index in [2.05, 4.69) is 10.6 Å². The largest absolute Gasteiger partial charge is 0.478 e. The molecule has 0 fully saturated rings. The molecule has 0 radical (unpaired) electrons. The van der Waals surface area contributed by atoms with E-state index in [0.717, 1.165) is 5.56 Å². The summed E-state index contributed by atoms with van der Waals surface area (Å²) in [5.74, 6) is -1.97. The summed E-state index contributed by atoms with van der Waals surface area (Å²) in [6, 6.07) is 17.4. The van der Waals surface area contributed by atoms with Crippen LogP contribution in [-0.2, 0) is 11.2 Å². The molecule has 2 amide bonds. The third-order valence-corrected chi connectivity index (χ3v) is 4.75. The van der Waals surface area contributed by atoms with E-state index in [1.807, 2.05) is 0 Å². The van der Waals surface area contributed by atoms with E-state index in [9.17, 15) is 19.5 Å². The van der Waals surface area contributed by atoms with E-state index in [-0.39, 0.29) is 34.2 Å². The maximum atomic E-state index is 12.5. The van der Waals surface area contributed by atoms with Gasteiger partial charge in [-0.2, -0.15) is 0 Å². The Bertz CT molecular complexity index is 1110. The molecule has 0 aliphatic carbocycles. The lowest BCUT2D eigenvalue weighted by Gasteiger charge is -2.11. The fraction of sp³-hybridized carbons (Fsp3) is 0.0455. The minimum Gasteiger partial charge on any atom is -0.478 e. The quantitative estimate of drug-likeness (QED) is 0.493. The van der Waals surface area contributed by atoms with Crippen molar-refractivity contribution in [3.05, 3.63) is 93.5 Å². The second kappa shape index (κ2) is 9.43. The highest BCUT2D eigenvalue weighted by Crippen LogP contribution is 2.23. The molecule has 8 heteroatoms. The molecule has 0 aliphatic heterocycles. The maximum Gasteiger partial charge on any atom is 0.337 e. The molecule has 0 bridgehead atoms. The highest BCUT2D eigenvalue weighted by Gasteiger charge is 2.16. The molecule has 6 nitrogen and oxygen atoms in total. The Morgan fingerprint density at radius 1 is 0.833 bits per heavy atom. The van der Waals surface area contributed by atoms with Crippen LogP contribution in [0, 0.1) is 0 Å². The number of carboxylic acids is 1. The molecule has 0 aromatic heterocycles. The van der Waals surface area contributed by atoms with Gasteiger partial charge in [0.25, 0.3) is 5.91 Å². The number of amides is 2. The third kappa shape index (κ3) is 5.37. The molecular weight excluding hydrogens is 427 g/mol. The predicted molar refractivity (Wildman–Crippen MR) is 117 cm³/mol. The van der Waals surface area contributed by atoms with Crippen molar-refractivity contribution in [3.8, 4) is 0 Å². The normalized spacial score (nSPS) is 10.3. The fourth-order valence-electron chi connectivity index (χ4n) is 2.74. The number of benzene rings is 3. The summed E-state index contributed by atoms with van der Waals surface area (Å²) < 4.78 is 0. The summed E-state index contributed by atoms with van der Waals surface area (Å²) in [4.78, 5) is 36.0. The van der Waals surface area contributed by atoms with Crippen LogP contribution in [0.15, 0.2) is 66.7 Å². The van der Waals surface area contributed by atoms with Gasteiger partial charge in [0.2, 0.25) is 5.91 Å². The van der Waals surface area contributed by atoms with Gasteiger partial charge >= 0.3 is 5.97 Å². The van der Waals surface area contributed by atoms with E-state index >= 15 is 0 Å². The molecule has 3 N–H and O–H groups in total. The summed E-state index contributed by atoms with van der Waals surface area (Å²) in [6.45, 7) is 0. The minimum atomic E-state index is -1.16. The second-order valence-electron chi connectivity index (χ2n) is 6.35. The van der Waals surface area contributed by atoms with Gasteiger partial charge in [0.15, 0.2) is 0 Å². The van der Waals surface area contributed by atoms with Crippen LogP contribution in [0.1, 0.15) is 26.3 Å². The van der Waals surface area contributed by atoms with Gasteiger partial charge in [0.05, 0.1) is 28.3 Å². The molecule has 0 aliphatic rings. The SMILES string of the molecule is O=C(Cc1ccc(Cl)cc1)Nc1ccc(C(=O)Nc2ccccc2C(=O)O)c(Cl)c1. The number of hydrogen-bond acceptors (Lipinski definition) is 3. The van der Waals surface area contributed by atoms with Gasteiger partial charge in [-0.05, 0) is 48.0 Å². The van der Waals surface area contributed by atoms with E-state index in [4.69, 9.17) is 23.2 Å². The number of para-hydroxylation sites is 1. The van der Waals surface area contributed by atoms with Crippen molar-refractivity contribution in [2.45, 2.75) is 6.42 Å². The molecule has 0 unspecified atom stereocenters. The molecule has 0 spiro atoms. The van der Waals surface area contributed by atoms with Crippen molar-refractivity contribution in [1.29, 1.82) is 0 Å².